The minimum atomic E-state index is -3.44. The molecule has 0 bridgehead atoms. The highest BCUT2D eigenvalue weighted by Gasteiger charge is 2.13. The first-order valence-corrected chi connectivity index (χ1v) is 9.25. The third kappa shape index (κ3) is 5.18. The van der Waals surface area contributed by atoms with E-state index in [1.54, 1.807) is 25.1 Å². The predicted molar refractivity (Wildman–Crippen MR) is 95.0 cm³/mol. The fraction of sp³-hybridized carbons (Fsp3) is 0.235. The van der Waals surface area contributed by atoms with Gasteiger partial charge in [-0.1, -0.05) is 13.0 Å². The Bertz CT molecular complexity index is 869. The standard InChI is InChI=1S/C17H19FN2O4S/c1-3-9-25(22,23)20-14-6-4-5-12(10-14)17(21)19-15-8-7-13(18)11-16(15)24-2/h4-8,10-11,20H,3,9H2,1-2H3,(H,19,21). The number of hydrogen-bond donors (Lipinski definition) is 2. The first kappa shape index (κ1) is 18.7. The molecule has 2 N–H and O–H groups in total. The molecule has 2 aromatic carbocycles. The molecule has 8 heteroatoms. The molecule has 25 heavy (non-hydrogen) atoms. The Labute approximate surface area is 146 Å². The van der Waals surface area contributed by atoms with Gasteiger partial charge in [0.2, 0.25) is 10.0 Å². The Morgan fingerprint density at radius 2 is 1.96 bits per heavy atom. The summed E-state index contributed by atoms with van der Waals surface area (Å²) in [4.78, 5) is 12.4. The lowest BCUT2D eigenvalue weighted by Crippen LogP contribution is -2.17. The van der Waals surface area contributed by atoms with Crippen molar-refractivity contribution in [2.24, 2.45) is 0 Å². The van der Waals surface area contributed by atoms with E-state index in [0.717, 1.165) is 6.07 Å². The van der Waals surface area contributed by atoms with E-state index < -0.39 is 21.7 Å². The molecule has 134 valence electrons. The van der Waals surface area contributed by atoms with Gasteiger partial charge in [-0.2, -0.15) is 0 Å². The number of hydrogen-bond acceptors (Lipinski definition) is 4. The number of rotatable bonds is 7. The summed E-state index contributed by atoms with van der Waals surface area (Å²) in [6.07, 6.45) is 0.486. The number of benzene rings is 2. The van der Waals surface area contributed by atoms with Crippen LogP contribution in [0.4, 0.5) is 15.8 Å². The number of sulfonamides is 1. The predicted octanol–water partition coefficient (Wildman–Crippen LogP) is 3.24. The molecular weight excluding hydrogens is 347 g/mol. The third-order valence-electron chi connectivity index (χ3n) is 3.28. The molecular formula is C17H19FN2O4S. The van der Waals surface area contributed by atoms with Crippen LogP contribution in [0.15, 0.2) is 42.5 Å². The minimum absolute atomic E-state index is 0.00377. The van der Waals surface area contributed by atoms with Crippen LogP contribution in [0.5, 0.6) is 5.75 Å². The highest BCUT2D eigenvalue weighted by Crippen LogP contribution is 2.25. The molecule has 1 amide bonds. The molecule has 0 aliphatic carbocycles. The maximum Gasteiger partial charge on any atom is 0.255 e. The molecule has 0 aromatic heterocycles. The Balaban J connectivity index is 2.19. The van der Waals surface area contributed by atoms with E-state index in [2.05, 4.69) is 10.0 Å². The van der Waals surface area contributed by atoms with Crippen LogP contribution in [0.3, 0.4) is 0 Å². The largest absolute Gasteiger partial charge is 0.494 e. The summed E-state index contributed by atoms with van der Waals surface area (Å²) in [6, 6.07) is 9.85. The van der Waals surface area contributed by atoms with Gasteiger partial charge < -0.3 is 10.1 Å². The maximum atomic E-state index is 13.2. The average molecular weight is 366 g/mol. The van der Waals surface area contributed by atoms with Crippen LogP contribution in [-0.4, -0.2) is 27.2 Å². The normalized spacial score (nSPS) is 11.0. The fourth-order valence-corrected chi connectivity index (χ4v) is 3.31. The fourth-order valence-electron chi connectivity index (χ4n) is 2.19. The zero-order chi connectivity index (χ0) is 18.4. The van der Waals surface area contributed by atoms with Crippen molar-refractivity contribution in [3.05, 3.63) is 53.8 Å². The van der Waals surface area contributed by atoms with Gasteiger partial charge in [0.1, 0.15) is 11.6 Å². The highest BCUT2D eigenvalue weighted by molar-refractivity contribution is 7.92. The Morgan fingerprint density at radius 3 is 2.64 bits per heavy atom. The molecule has 2 aromatic rings. The second-order valence-corrected chi connectivity index (χ2v) is 7.14. The summed E-state index contributed by atoms with van der Waals surface area (Å²) in [5, 5.41) is 2.61. The number of anilines is 2. The second kappa shape index (κ2) is 7.98. The molecule has 0 unspecified atom stereocenters. The zero-order valence-corrected chi connectivity index (χ0v) is 14.7. The Hall–Kier alpha value is -2.61. The van der Waals surface area contributed by atoms with Crippen LogP contribution in [0.1, 0.15) is 23.7 Å². The molecule has 0 atom stereocenters. The van der Waals surface area contributed by atoms with Crippen molar-refractivity contribution in [1.82, 2.24) is 0 Å². The molecule has 0 aliphatic rings. The van der Waals surface area contributed by atoms with E-state index in [1.165, 1.54) is 25.3 Å². The Morgan fingerprint density at radius 1 is 1.20 bits per heavy atom. The summed E-state index contributed by atoms with van der Waals surface area (Å²) in [5.74, 6) is -0.771. The van der Waals surface area contributed by atoms with Gasteiger partial charge in [-0.15, -0.1) is 0 Å². The Kier molecular flexibility index (Phi) is 5.97. The third-order valence-corrected chi connectivity index (χ3v) is 4.78. The molecule has 0 spiro atoms. The monoisotopic (exact) mass is 366 g/mol. The van der Waals surface area contributed by atoms with E-state index >= 15 is 0 Å². The summed E-state index contributed by atoms with van der Waals surface area (Å²) in [5.41, 5.74) is 0.862. The minimum Gasteiger partial charge on any atom is -0.494 e. The van der Waals surface area contributed by atoms with E-state index in [-0.39, 0.29) is 17.1 Å². The number of amides is 1. The van der Waals surface area contributed by atoms with Crippen LogP contribution < -0.4 is 14.8 Å². The lowest BCUT2D eigenvalue weighted by molar-refractivity contribution is 0.102. The number of carbonyl (C=O) groups excluding carboxylic acids is 1. The molecule has 0 radical (unpaired) electrons. The molecule has 0 fully saturated rings. The number of ether oxygens (including phenoxy) is 1. The maximum absolute atomic E-state index is 13.2. The van der Waals surface area contributed by atoms with Crippen molar-refractivity contribution < 1.29 is 22.3 Å². The molecule has 0 saturated heterocycles. The molecule has 0 heterocycles. The number of methoxy groups -OCH3 is 1. The van der Waals surface area contributed by atoms with Crippen molar-refractivity contribution >= 4 is 27.3 Å². The van der Waals surface area contributed by atoms with Gasteiger partial charge in [0.15, 0.2) is 0 Å². The van der Waals surface area contributed by atoms with Crippen LogP contribution in [-0.2, 0) is 10.0 Å². The second-order valence-electron chi connectivity index (χ2n) is 5.30. The van der Waals surface area contributed by atoms with Crippen LogP contribution >= 0.6 is 0 Å². The SMILES string of the molecule is CCCS(=O)(=O)Nc1cccc(C(=O)Nc2ccc(F)cc2OC)c1. The van der Waals surface area contributed by atoms with Gasteiger partial charge in [0, 0.05) is 17.3 Å². The average Bonchev–Trinajstić information content (AvgIpc) is 2.56. The van der Waals surface area contributed by atoms with E-state index in [4.69, 9.17) is 4.74 Å². The van der Waals surface area contributed by atoms with Gasteiger partial charge in [0.25, 0.3) is 5.91 Å². The number of nitrogens with one attached hydrogen (secondary N) is 2. The van der Waals surface area contributed by atoms with Gasteiger partial charge in [-0.25, -0.2) is 12.8 Å². The van der Waals surface area contributed by atoms with Crippen LogP contribution in [0, 0.1) is 5.82 Å². The number of halogens is 1. The number of carbonyl (C=O) groups is 1. The summed E-state index contributed by atoms with van der Waals surface area (Å²) < 4.78 is 44.3. The smallest absolute Gasteiger partial charge is 0.255 e. The summed E-state index contributed by atoms with van der Waals surface area (Å²) in [6.45, 7) is 1.76. The van der Waals surface area contributed by atoms with E-state index in [1.807, 2.05) is 0 Å². The topological polar surface area (TPSA) is 84.5 Å². The highest BCUT2D eigenvalue weighted by atomic mass is 32.2. The summed E-state index contributed by atoms with van der Waals surface area (Å²) in [7, 11) is -2.08. The van der Waals surface area contributed by atoms with Crippen molar-refractivity contribution in [2.75, 3.05) is 22.9 Å². The first-order valence-electron chi connectivity index (χ1n) is 7.60. The van der Waals surface area contributed by atoms with Crippen molar-refractivity contribution in [3.63, 3.8) is 0 Å². The van der Waals surface area contributed by atoms with Crippen molar-refractivity contribution in [2.45, 2.75) is 13.3 Å². The van der Waals surface area contributed by atoms with E-state index in [0.29, 0.717) is 17.8 Å². The summed E-state index contributed by atoms with van der Waals surface area (Å²) >= 11 is 0. The van der Waals surface area contributed by atoms with E-state index in [9.17, 15) is 17.6 Å². The lowest BCUT2D eigenvalue weighted by atomic mass is 10.2. The molecule has 0 aliphatic heterocycles. The molecule has 6 nitrogen and oxygen atoms in total. The van der Waals surface area contributed by atoms with Crippen LogP contribution in [0.2, 0.25) is 0 Å². The quantitative estimate of drug-likeness (QED) is 0.788. The van der Waals surface area contributed by atoms with Gasteiger partial charge in [-0.05, 0) is 36.8 Å². The molecule has 2 rings (SSSR count). The zero-order valence-electron chi connectivity index (χ0n) is 13.9. The molecule has 0 saturated carbocycles. The van der Waals surface area contributed by atoms with Gasteiger partial charge in [0.05, 0.1) is 18.6 Å². The van der Waals surface area contributed by atoms with Crippen molar-refractivity contribution in [3.8, 4) is 5.75 Å². The van der Waals surface area contributed by atoms with Crippen molar-refractivity contribution in [1.29, 1.82) is 0 Å². The van der Waals surface area contributed by atoms with Gasteiger partial charge in [-0.3, -0.25) is 9.52 Å². The first-order chi connectivity index (χ1) is 11.8. The van der Waals surface area contributed by atoms with Crippen LogP contribution in [0.25, 0.3) is 0 Å². The lowest BCUT2D eigenvalue weighted by Gasteiger charge is -2.11. The van der Waals surface area contributed by atoms with Gasteiger partial charge >= 0.3 is 0 Å².